The molecule has 1 aromatic carbocycles. The number of nitrogens with one attached hydrogen (secondary N) is 1. The highest BCUT2D eigenvalue weighted by Crippen LogP contribution is 2.18. The van der Waals surface area contributed by atoms with Crippen molar-refractivity contribution >= 4 is 10.9 Å². The Hall–Kier alpha value is -1.89. The minimum atomic E-state index is -4.45. The molecule has 2 aromatic rings. The van der Waals surface area contributed by atoms with Gasteiger partial charge in [0, 0.05) is 23.0 Å². The van der Waals surface area contributed by atoms with Gasteiger partial charge in [-0.15, -0.1) is 0 Å². The van der Waals surface area contributed by atoms with Crippen molar-refractivity contribution in [1.82, 2.24) is 4.98 Å². The number of H-pyrrole nitrogens is 1. The minimum absolute atomic E-state index is 0.364. The van der Waals surface area contributed by atoms with E-state index in [1.165, 1.54) is 12.1 Å². The van der Waals surface area contributed by atoms with Gasteiger partial charge in [0.25, 0.3) is 0 Å². The molecule has 76 valence electrons. The zero-order chi connectivity index (χ0) is 10.9. The summed E-state index contributed by atoms with van der Waals surface area (Å²) in [5.74, 6) is 3.35. The van der Waals surface area contributed by atoms with Crippen LogP contribution < -0.4 is 0 Å². The maximum absolute atomic E-state index is 11.9. The van der Waals surface area contributed by atoms with Crippen molar-refractivity contribution in [3.05, 3.63) is 36.0 Å². The van der Waals surface area contributed by atoms with Crippen LogP contribution in [0.15, 0.2) is 30.5 Å². The fourth-order valence-corrected chi connectivity index (χ4v) is 1.31. The second kappa shape index (κ2) is 3.35. The van der Waals surface area contributed by atoms with E-state index >= 15 is 0 Å². The fourth-order valence-electron chi connectivity index (χ4n) is 1.31. The first-order valence-corrected chi connectivity index (χ1v) is 4.22. The van der Waals surface area contributed by atoms with Crippen LogP contribution in [0.25, 0.3) is 10.9 Å². The molecule has 0 aliphatic rings. The van der Waals surface area contributed by atoms with Crippen LogP contribution >= 0.6 is 0 Å². The number of halogens is 3. The molecule has 1 nitrogen and oxygen atoms in total. The van der Waals surface area contributed by atoms with E-state index in [1.54, 1.807) is 24.3 Å². The van der Waals surface area contributed by atoms with Crippen molar-refractivity contribution in [2.24, 2.45) is 0 Å². The molecule has 0 aliphatic carbocycles. The molecule has 0 unspecified atom stereocenters. The third-order valence-electron chi connectivity index (χ3n) is 1.93. The predicted molar refractivity (Wildman–Crippen MR) is 51.2 cm³/mol. The van der Waals surface area contributed by atoms with Gasteiger partial charge in [-0.25, -0.2) is 0 Å². The summed E-state index contributed by atoms with van der Waals surface area (Å²) in [7, 11) is 0. The number of fused-ring (bicyclic) bond motifs is 1. The molecule has 1 aromatic heterocycles. The third kappa shape index (κ3) is 2.13. The second-order valence-corrected chi connectivity index (χ2v) is 3.00. The van der Waals surface area contributed by atoms with Gasteiger partial charge in [-0.1, -0.05) is 24.1 Å². The number of alkyl halides is 3. The smallest absolute Gasteiger partial charge is 0.360 e. The Morgan fingerprint density at radius 1 is 1.13 bits per heavy atom. The molecule has 0 bridgehead atoms. The van der Waals surface area contributed by atoms with Gasteiger partial charge in [-0.05, 0) is 6.07 Å². The van der Waals surface area contributed by atoms with E-state index in [1.807, 2.05) is 0 Å². The maximum Gasteiger partial charge on any atom is 0.458 e. The maximum atomic E-state index is 11.9. The minimum Gasteiger partial charge on any atom is -0.360 e. The van der Waals surface area contributed by atoms with E-state index in [2.05, 4.69) is 10.9 Å². The first-order chi connectivity index (χ1) is 7.06. The average Bonchev–Trinajstić information content (AvgIpc) is 2.57. The van der Waals surface area contributed by atoms with E-state index in [9.17, 15) is 13.2 Å². The first-order valence-electron chi connectivity index (χ1n) is 4.22. The molecule has 0 fully saturated rings. The van der Waals surface area contributed by atoms with Crippen LogP contribution in [0.4, 0.5) is 13.2 Å². The molecule has 0 saturated heterocycles. The van der Waals surface area contributed by atoms with Crippen molar-refractivity contribution in [2.75, 3.05) is 0 Å². The van der Waals surface area contributed by atoms with Crippen LogP contribution in [0.5, 0.6) is 0 Å². The Morgan fingerprint density at radius 2 is 1.87 bits per heavy atom. The van der Waals surface area contributed by atoms with E-state index in [0.717, 1.165) is 5.52 Å². The number of hydrogen-bond acceptors (Lipinski definition) is 0. The van der Waals surface area contributed by atoms with E-state index < -0.39 is 6.18 Å². The standard InChI is InChI=1S/C11H6F3N/c12-11(13,14)6-5-8-7-15-10-4-2-1-3-9(8)10/h1-4,7,15H. The summed E-state index contributed by atoms with van der Waals surface area (Å²) in [5.41, 5.74) is 1.15. The van der Waals surface area contributed by atoms with Gasteiger partial charge >= 0.3 is 6.18 Å². The van der Waals surface area contributed by atoms with Gasteiger partial charge < -0.3 is 4.98 Å². The topological polar surface area (TPSA) is 15.8 Å². The monoisotopic (exact) mass is 209 g/mol. The zero-order valence-corrected chi connectivity index (χ0v) is 7.52. The predicted octanol–water partition coefficient (Wildman–Crippen LogP) is 3.08. The molecule has 0 radical (unpaired) electrons. The summed E-state index contributed by atoms with van der Waals surface area (Å²) in [4.78, 5) is 2.85. The van der Waals surface area contributed by atoms with Crippen molar-refractivity contribution in [3.8, 4) is 11.8 Å². The fraction of sp³-hybridized carbons (Fsp3) is 0.0909. The molecule has 1 heterocycles. The van der Waals surface area contributed by atoms with Crippen molar-refractivity contribution in [3.63, 3.8) is 0 Å². The third-order valence-corrected chi connectivity index (χ3v) is 1.93. The molecule has 0 spiro atoms. The molecule has 15 heavy (non-hydrogen) atoms. The summed E-state index contributed by atoms with van der Waals surface area (Å²) in [5, 5.41) is 0.703. The molecule has 0 saturated carbocycles. The van der Waals surface area contributed by atoms with Gasteiger partial charge in [0.2, 0.25) is 0 Å². The highest BCUT2D eigenvalue weighted by molar-refractivity contribution is 5.85. The molecular weight excluding hydrogens is 203 g/mol. The number of benzene rings is 1. The Labute approximate surface area is 83.9 Å². The zero-order valence-electron chi connectivity index (χ0n) is 7.52. The average molecular weight is 209 g/mol. The number of aromatic nitrogens is 1. The molecule has 0 amide bonds. The van der Waals surface area contributed by atoms with Crippen LogP contribution in [-0.4, -0.2) is 11.2 Å². The van der Waals surface area contributed by atoms with Crippen LogP contribution in [-0.2, 0) is 0 Å². The van der Waals surface area contributed by atoms with Crippen LogP contribution in [0.2, 0.25) is 0 Å². The van der Waals surface area contributed by atoms with E-state index in [0.29, 0.717) is 10.9 Å². The summed E-state index contributed by atoms with van der Waals surface area (Å²) in [6.45, 7) is 0. The Bertz CT molecular complexity index is 540. The molecule has 0 aliphatic heterocycles. The quantitative estimate of drug-likeness (QED) is 0.642. The van der Waals surface area contributed by atoms with E-state index in [-0.39, 0.29) is 0 Å². The van der Waals surface area contributed by atoms with Gasteiger partial charge in [-0.2, -0.15) is 13.2 Å². The van der Waals surface area contributed by atoms with Crippen LogP contribution in [0, 0.1) is 11.8 Å². The van der Waals surface area contributed by atoms with Crippen LogP contribution in [0.1, 0.15) is 5.56 Å². The molecule has 1 N–H and O–H groups in total. The molecule has 0 atom stereocenters. The number of rotatable bonds is 0. The molecular formula is C11H6F3N. The largest absolute Gasteiger partial charge is 0.458 e. The second-order valence-electron chi connectivity index (χ2n) is 3.00. The van der Waals surface area contributed by atoms with Crippen molar-refractivity contribution in [1.29, 1.82) is 0 Å². The lowest BCUT2D eigenvalue weighted by molar-refractivity contribution is -0.0696. The normalized spacial score (nSPS) is 11.1. The number of para-hydroxylation sites is 1. The summed E-state index contributed by atoms with van der Waals surface area (Å²) < 4.78 is 35.6. The van der Waals surface area contributed by atoms with Crippen LogP contribution in [0.3, 0.4) is 0 Å². The highest BCUT2D eigenvalue weighted by atomic mass is 19.4. The first kappa shape index (κ1) is 9.66. The van der Waals surface area contributed by atoms with Crippen molar-refractivity contribution < 1.29 is 13.2 Å². The summed E-state index contributed by atoms with van der Waals surface area (Å²) in [6, 6.07) is 7.08. The van der Waals surface area contributed by atoms with E-state index in [4.69, 9.17) is 0 Å². The number of aromatic amines is 1. The van der Waals surface area contributed by atoms with Gasteiger partial charge in [0.1, 0.15) is 0 Å². The lowest BCUT2D eigenvalue weighted by atomic mass is 10.2. The highest BCUT2D eigenvalue weighted by Gasteiger charge is 2.23. The van der Waals surface area contributed by atoms with Gasteiger partial charge in [-0.3, -0.25) is 0 Å². The number of hydrogen-bond donors (Lipinski definition) is 1. The lowest BCUT2D eigenvalue weighted by Gasteiger charge is -1.92. The Kier molecular flexibility index (Phi) is 2.16. The Balaban J connectivity index is 2.48. The molecule has 2 rings (SSSR count). The summed E-state index contributed by atoms with van der Waals surface area (Å²) in [6.07, 6.45) is -2.97. The van der Waals surface area contributed by atoms with Gasteiger partial charge in [0.15, 0.2) is 0 Å². The Morgan fingerprint density at radius 3 is 2.60 bits per heavy atom. The van der Waals surface area contributed by atoms with Gasteiger partial charge in [0.05, 0.1) is 5.56 Å². The van der Waals surface area contributed by atoms with Crippen molar-refractivity contribution in [2.45, 2.75) is 6.18 Å². The lowest BCUT2D eigenvalue weighted by Crippen LogP contribution is -2.01. The SMILES string of the molecule is FC(F)(F)C#Cc1c[nH]c2ccccc12. The summed E-state index contributed by atoms with van der Waals surface area (Å²) >= 11 is 0. The molecule has 4 heteroatoms.